The summed E-state index contributed by atoms with van der Waals surface area (Å²) in [7, 11) is 0. The number of carbonyl (C=O) groups excluding carboxylic acids is 2. The minimum absolute atomic E-state index is 0.128. The molecule has 1 aromatic rings. The zero-order chi connectivity index (χ0) is 17.9. The fourth-order valence-corrected chi connectivity index (χ4v) is 2.87. The predicted molar refractivity (Wildman–Crippen MR) is 87.3 cm³/mol. The number of ether oxygens (including phenoxy) is 1. The Morgan fingerprint density at radius 2 is 1.92 bits per heavy atom. The van der Waals surface area contributed by atoms with Crippen LogP contribution in [0.2, 0.25) is 0 Å². The minimum atomic E-state index is -1.06. The molecule has 0 aromatic heterocycles. The number of benzene rings is 1. The van der Waals surface area contributed by atoms with Crippen LogP contribution in [-0.4, -0.2) is 40.6 Å². The van der Waals surface area contributed by atoms with Crippen molar-refractivity contribution in [3.63, 3.8) is 0 Å². The standard InChI is InChI=1S/C18H23NO5/c1-18(2,3)14(10-15(20)21)16(22)19-13(11-24-17(19)23)9-12-7-5-4-6-8-12/h4-8,13-14H,9-11H2,1-3H3,(H,20,21)/t13-,14?/m1/s1. The summed E-state index contributed by atoms with van der Waals surface area (Å²) in [6, 6.07) is 9.10. The highest BCUT2D eigenvalue weighted by Crippen LogP contribution is 2.32. The molecule has 1 heterocycles. The second-order valence-corrected chi connectivity index (χ2v) is 7.15. The van der Waals surface area contributed by atoms with Gasteiger partial charge in [0.05, 0.1) is 18.4 Å². The van der Waals surface area contributed by atoms with E-state index in [0.29, 0.717) is 6.42 Å². The Balaban J connectivity index is 2.23. The molecular formula is C18H23NO5. The highest BCUT2D eigenvalue weighted by atomic mass is 16.6. The van der Waals surface area contributed by atoms with E-state index in [4.69, 9.17) is 9.84 Å². The van der Waals surface area contributed by atoms with Crippen LogP contribution in [0.3, 0.4) is 0 Å². The van der Waals surface area contributed by atoms with E-state index in [9.17, 15) is 14.4 Å². The Morgan fingerprint density at radius 3 is 2.46 bits per heavy atom. The molecule has 1 aliphatic heterocycles. The fraction of sp³-hybridized carbons (Fsp3) is 0.500. The Bertz CT molecular complexity index is 620. The van der Waals surface area contributed by atoms with Crippen LogP contribution in [0.1, 0.15) is 32.8 Å². The lowest BCUT2D eigenvalue weighted by molar-refractivity contribution is -0.146. The van der Waals surface area contributed by atoms with Crippen molar-refractivity contribution in [2.45, 2.75) is 39.7 Å². The largest absolute Gasteiger partial charge is 0.481 e. The summed E-state index contributed by atoms with van der Waals surface area (Å²) in [4.78, 5) is 37.2. The molecule has 1 N–H and O–H groups in total. The third-order valence-corrected chi connectivity index (χ3v) is 4.23. The molecule has 1 fully saturated rings. The van der Waals surface area contributed by atoms with Crippen LogP contribution >= 0.6 is 0 Å². The SMILES string of the molecule is CC(C)(C)C(CC(=O)O)C(=O)N1C(=O)OC[C@H]1Cc1ccccc1. The average molecular weight is 333 g/mol. The number of imide groups is 1. The van der Waals surface area contributed by atoms with Crippen molar-refractivity contribution >= 4 is 18.0 Å². The lowest BCUT2D eigenvalue weighted by atomic mass is 9.77. The van der Waals surface area contributed by atoms with Gasteiger partial charge in [0.15, 0.2) is 0 Å². The van der Waals surface area contributed by atoms with Crippen LogP contribution in [0.25, 0.3) is 0 Å². The number of aliphatic carboxylic acids is 1. The van der Waals surface area contributed by atoms with E-state index in [2.05, 4.69) is 0 Å². The van der Waals surface area contributed by atoms with E-state index in [1.807, 2.05) is 30.3 Å². The first-order valence-electron chi connectivity index (χ1n) is 7.95. The van der Waals surface area contributed by atoms with Crippen LogP contribution < -0.4 is 0 Å². The number of nitrogens with zero attached hydrogens (tertiary/aromatic N) is 1. The second kappa shape index (κ2) is 7.03. The highest BCUT2D eigenvalue weighted by Gasteiger charge is 2.44. The van der Waals surface area contributed by atoms with Gasteiger partial charge in [-0.25, -0.2) is 9.69 Å². The molecule has 6 nitrogen and oxygen atoms in total. The molecule has 2 atom stereocenters. The number of carboxylic acid groups (broad SMARTS) is 1. The van der Waals surface area contributed by atoms with E-state index in [1.54, 1.807) is 20.8 Å². The molecule has 2 rings (SSSR count). The lowest BCUT2D eigenvalue weighted by Gasteiger charge is -2.32. The summed E-state index contributed by atoms with van der Waals surface area (Å²) < 4.78 is 5.06. The third kappa shape index (κ3) is 4.13. The molecule has 0 spiro atoms. The van der Waals surface area contributed by atoms with Crippen LogP contribution in [0.5, 0.6) is 0 Å². The molecule has 0 bridgehead atoms. The summed E-state index contributed by atoms with van der Waals surface area (Å²) in [6.45, 7) is 5.52. The summed E-state index contributed by atoms with van der Waals surface area (Å²) in [5.41, 5.74) is 0.416. The Morgan fingerprint density at radius 1 is 1.29 bits per heavy atom. The van der Waals surface area contributed by atoms with Gasteiger partial charge >= 0.3 is 12.1 Å². The molecule has 1 unspecified atom stereocenters. The van der Waals surface area contributed by atoms with Gasteiger partial charge < -0.3 is 9.84 Å². The Kier molecular flexibility index (Phi) is 5.26. The summed E-state index contributed by atoms with van der Waals surface area (Å²) in [5.74, 6) is -2.33. The molecule has 0 saturated carbocycles. The van der Waals surface area contributed by atoms with Crippen molar-refractivity contribution in [1.29, 1.82) is 0 Å². The minimum Gasteiger partial charge on any atom is -0.481 e. The number of carboxylic acids is 1. The quantitative estimate of drug-likeness (QED) is 0.895. The Hall–Kier alpha value is -2.37. The lowest BCUT2D eigenvalue weighted by Crippen LogP contribution is -2.47. The molecule has 1 aromatic carbocycles. The molecule has 24 heavy (non-hydrogen) atoms. The van der Waals surface area contributed by atoms with E-state index in [0.717, 1.165) is 10.5 Å². The second-order valence-electron chi connectivity index (χ2n) is 7.15. The predicted octanol–water partition coefficient (Wildman–Crippen LogP) is 2.71. The van der Waals surface area contributed by atoms with Crippen molar-refractivity contribution < 1.29 is 24.2 Å². The zero-order valence-corrected chi connectivity index (χ0v) is 14.2. The van der Waals surface area contributed by atoms with Gasteiger partial charge in [0.1, 0.15) is 6.61 Å². The number of hydrogen-bond acceptors (Lipinski definition) is 4. The van der Waals surface area contributed by atoms with Gasteiger partial charge in [-0.1, -0.05) is 51.1 Å². The van der Waals surface area contributed by atoms with Gasteiger partial charge in [0.25, 0.3) is 0 Å². The molecule has 6 heteroatoms. The first-order valence-corrected chi connectivity index (χ1v) is 7.95. The van der Waals surface area contributed by atoms with Crippen LogP contribution in [0, 0.1) is 11.3 Å². The number of amides is 2. The van der Waals surface area contributed by atoms with Gasteiger partial charge in [0, 0.05) is 0 Å². The maximum atomic E-state index is 12.9. The number of hydrogen-bond donors (Lipinski definition) is 1. The summed E-state index contributed by atoms with van der Waals surface area (Å²) in [6.07, 6.45) is -0.521. The Labute approximate surface area is 141 Å². The van der Waals surface area contributed by atoms with Crippen LogP contribution in [0.15, 0.2) is 30.3 Å². The molecule has 130 valence electrons. The van der Waals surface area contributed by atoms with Gasteiger partial charge in [-0.3, -0.25) is 9.59 Å². The van der Waals surface area contributed by atoms with Gasteiger partial charge in [-0.05, 0) is 17.4 Å². The van der Waals surface area contributed by atoms with E-state index in [-0.39, 0.29) is 13.0 Å². The van der Waals surface area contributed by atoms with Gasteiger partial charge in [-0.15, -0.1) is 0 Å². The van der Waals surface area contributed by atoms with Crippen molar-refractivity contribution in [1.82, 2.24) is 4.90 Å². The summed E-state index contributed by atoms with van der Waals surface area (Å²) >= 11 is 0. The molecule has 0 aliphatic carbocycles. The molecule has 1 saturated heterocycles. The van der Waals surface area contributed by atoms with Crippen LogP contribution in [-0.2, 0) is 20.7 Å². The third-order valence-electron chi connectivity index (χ3n) is 4.23. The van der Waals surface area contributed by atoms with E-state index < -0.39 is 35.3 Å². The van der Waals surface area contributed by atoms with Crippen LogP contribution in [0.4, 0.5) is 4.79 Å². The zero-order valence-electron chi connectivity index (χ0n) is 14.2. The molecule has 0 radical (unpaired) electrons. The number of cyclic esters (lactones) is 1. The molecule has 1 aliphatic rings. The van der Waals surface area contributed by atoms with Gasteiger partial charge in [-0.2, -0.15) is 0 Å². The fourth-order valence-electron chi connectivity index (χ4n) is 2.87. The van der Waals surface area contributed by atoms with E-state index in [1.165, 1.54) is 0 Å². The number of rotatable bonds is 5. The van der Waals surface area contributed by atoms with Crippen molar-refractivity contribution in [3.05, 3.63) is 35.9 Å². The molecule has 2 amide bonds. The first-order chi connectivity index (χ1) is 11.2. The summed E-state index contributed by atoms with van der Waals surface area (Å²) in [5, 5.41) is 9.12. The average Bonchev–Trinajstić information content (AvgIpc) is 2.85. The maximum Gasteiger partial charge on any atom is 0.416 e. The molecular weight excluding hydrogens is 310 g/mol. The normalized spacial score (nSPS) is 19.0. The van der Waals surface area contributed by atoms with Crippen molar-refractivity contribution in [3.8, 4) is 0 Å². The van der Waals surface area contributed by atoms with Crippen molar-refractivity contribution in [2.24, 2.45) is 11.3 Å². The monoisotopic (exact) mass is 333 g/mol. The first kappa shape index (κ1) is 18.0. The number of carbonyl (C=O) groups is 3. The van der Waals surface area contributed by atoms with Crippen molar-refractivity contribution in [2.75, 3.05) is 6.61 Å². The smallest absolute Gasteiger partial charge is 0.416 e. The topological polar surface area (TPSA) is 83.9 Å². The maximum absolute atomic E-state index is 12.9. The van der Waals surface area contributed by atoms with E-state index >= 15 is 0 Å². The van der Waals surface area contributed by atoms with Gasteiger partial charge in [0.2, 0.25) is 5.91 Å². The highest BCUT2D eigenvalue weighted by molar-refractivity contribution is 5.96.